The lowest BCUT2D eigenvalue weighted by Crippen LogP contribution is -2.19. The van der Waals surface area contributed by atoms with E-state index in [1.807, 2.05) is 18.7 Å². The van der Waals surface area contributed by atoms with Crippen LogP contribution in [0.5, 0.6) is 0 Å². The molecule has 0 aromatic carbocycles. The largest absolute Gasteiger partial charge is 0.398 e. The van der Waals surface area contributed by atoms with Crippen LogP contribution in [0.25, 0.3) is 0 Å². The fourth-order valence-corrected chi connectivity index (χ4v) is 2.82. The second kappa shape index (κ2) is 5.97. The van der Waals surface area contributed by atoms with Gasteiger partial charge in [0.2, 0.25) is 0 Å². The number of pyridine rings is 1. The monoisotopic (exact) mass is 278 g/mol. The van der Waals surface area contributed by atoms with Crippen molar-refractivity contribution in [2.24, 2.45) is 7.05 Å². The van der Waals surface area contributed by atoms with Gasteiger partial charge in [0.25, 0.3) is 5.56 Å². The Morgan fingerprint density at radius 1 is 1.42 bits per heavy atom. The summed E-state index contributed by atoms with van der Waals surface area (Å²) in [5, 5.41) is 5.45. The Hall–Kier alpha value is -1.69. The molecule has 0 fully saturated rings. The normalized spacial score (nSPS) is 10.8. The maximum Gasteiger partial charge on any atom is 0.250 e. The summed E-state index contributed by atoms with van der Waals surface area (Å²) in [6.07, 6.45) is 2.61. The number of aryl methyl sites for hydroxylation is 3. The fraction of sp³-hybridized carbons (Fsp3) is 0.385. The van der Waals surface area contributed by atoms with E-state index in [0.717, 1.165) is 22.9 Å². The molecule has 0 aliphatic rings. The highest BCUT2D eigenvalue weighted by Gasteiger charge is 2.02. The Morgan fingerprint density at radius 3 is 2.89 bits per heavy atom. The summed E-state index contributed by atoms with van der Waals surface area (Å²) < 4.78 is 3.54. The van der Waals surface area contributed by atoms with E-state index in [2.05, 4.69) is 11.2 Å². The van der Waals surface area contributed by atoms with Crippen molar-refractivity contribution in [1.82, 2.24) is 14.3 Å². The molecule has 0 amide bonds. The van der Waals surface area contributed by atoms with Gasteiger partial charge in [0.15, 0.2) is 0 Å². The molecule has 5 nitrogen and oxygen atoms in total. The number of hydrogen-bond donors (Lipinski definition) is 1. The standard InChI is InChI=1S/C13H18N4OS/c1-10-8-13(16(2)15-10)19-7-3-6-17-9-11(14)4-5-12(17)18/h4-5,8-9H,3,6-7,14H2,1-2H3. The first kappa shape index (κ1) is 13.7. The average molecular weight is 278 g/mol. The minimum absolute atomic E-state index is 0.00409. The van der Waals surface area contributed by atoms with Crippen molar-refractivity contribution in [3.05, 3.63) is 40.4 Å². The fourth-order valence-electron chi connectivity index (χ4n) is 1.86. The predicted molar refractivity (Wildman–Crippen MR) is 78.4 cm³/mol. The molecule has 19 heavy (non-hydrogen) atoms. The zero-order valence-electron chi connectivity index (χ0n) is 11.2. The van der Waals surface area contributed by atoms with Crippen molar-refractivity contribution in [3.8, 4) is 0 Å². The van der Waals surface area contributed by atoms with Crippen LogP contribution in [-0.4, -0.2) is 20.1 Å². The van der Waals surface area contributed by atoms with Crippen LogP contribution in [0.4, 0.5) is 5.69 Å². The molecule has 102 valence electrons. The molecule has 0 radical (unpaired) electrons. The van der Waals surface area contributed by atoms with Crippen LogP contribution >= 0.6 is 11.8 Å². The van der Waals surface area contributed by atoms with Gasteiger partial charge in [0.05, 0.1) is 10.7 Å². The molecule has 2 N–H and O–H groups in total. The molecule has 0 unspecified atom stereocenters. The SMILES string of the molecule is Cc1cc(SCCCn2cc(N)ccc2=O)n(C)n1. The van der Waals surface area contributed by atoms with Crippen LogP contribution < -0.4 is 11.3 Å². The van der Waals surface area contributed by atoms with Crippen molar-refractivity contribution in [1.29, 1.82) is 0 Å². The molecule has 6 heteroatoms. The van der Waals surface area contributed by atoms with Crippen molar-refractivity contribution in [2.45, 2.75) is 24.9 Å². The van der Waals surface area contributed by atoms with Gasteiger partial charge in [0, 0.05) is 37.3 Å². The molecule has 2 aromatic heterocycles. The molecule has 2 heterocycles. The second-order valence-corrected chi connectivity index (χ2v) is 5.56. The number of nitrogens with zero attached hydrogens (tertiary/aromatic N) is 3. The maximum absolute atomic E-state index is 11.6. The molecular weight excluding hydrogens is 260 g/mol. The predicted octanol–water partition coefficient (Wildman–Crippen LogP) is 1.65. The third-order valence-corrected chi connectivity index (χ3v) is 3.93. The van der Waals surface area contributed by atoms with Gasteiger partial charge in [-0.25, -0.2) is 0 Å². The van der Waals surface area contributed by atoms with Crippen LogP contribution in [-0.2, 0) is 13.6 Å². The van der Waals surface area contributed by atoms with Crippen molar-refractivity contribution >= 4 is 17.4 Å². The van der Waals surface area contributed by atoms with E-state index < -0.39 is 0 Å². The van der Waals surface area contributed by atoms with E-state index in [4.69, 9.17) is 5.73 Å². The Bertz CT molecular complexity index is 617. The van der Waals surface area contributed by atoms with Crippen molar-refractivity contribution in [3.63, 3.8) is 0 Å². The van der Waals surface area contributed by atoms with Gasteiger partial charge in [-0.15, -0.1) is 11.8 Å². The zero-order valence-corrected chi connectivity index (χ0v) is 12.0. The molecular formula is C13H18N4OS. The van der Waals surface area contributed by atoms with E-state index in [-0.39, 0.29) is 5.56 Å². The number of aromatic nitrogens is 3. The van der Waals surface area contributed by atoms with Crippen molar-refractivity contribution in [2.75, 3.05) is 11.5 Å². The molecule has 0 spiro atoms. The summed E-state index contributed by atoms with van der Waals surface area (Å²) in [6, 6.07) is 5.20. The first-order chi connectivity index (χ1) is 9.06. The van der Waals surface area contributed by atoms with Crippen LogP contribution in [0.1, 0.15) is 12.1 Å². The Morgan fingerprint density at radius 2 is 2.21 bits per heavy atom. The Balaban J connectivity index is 1.85. The van der Waals surface area contributed by atoms with Gasteiger partial charge in [-0.2, -0.15) is 5.10 Å². The summed E-state index contributed by atoms with van der Waals surface area (Å²) in [5.74, 6) is 0.945. The highest BCUT2D eigenvalue weighted by molar-refractivity contribution is 7.99. The smallest absolute Gasteiger partial charge is 0.250 e. The summed E-state index contributed by atoms with van der Waals surface area (Å²) in [7, 11) is 1.94. The summed E-state index contributed by atoms with van der Waals surface area (Å²) in [6.45, 7) is 2.67. The number of thioether (sulfide) groups is 1. The molecule has 0 aliphatic heterocycles. The lowest BCUT2D eigenvalue weighted by molar-refractivity contribution is 0.657. The minimum Gasteiger partial charge on any atom is -0.398 e. The maximum atomic E-state index is 11.6. The van der Waals surface area contributed by atoms with Crippen LogP contribution in [0.2, 0.25) is 0 Å². The molecule has 2 aromatic rings. The Kier molecular flexibility index (Phi) is 4.31. The molecule has 0 atom stereocenters. The summed E-state index contributed by atoms with van der Waals surface area (Å²) in [5.41, 5.74) is 7.31. The lowest BCUT2D eigenvalue weighted by atomic mass is 10.4. The van der Waals surface area contributed by atoms with E-state index >= 15 is 0 Å². The van der Waals surface area contributed by atoms with Crippen LogP contribution in [0.3, 0.4) is 0 Å². The van der Waals surface area contributed by atoms with Gasteiger partial charge >= 0.3 is 0 Å². The van der Waals surface area contributed by atoms with Gasteiger partial charge in [0.1, 0.15) is 0 Å². The van der Waals surface area contributed by atoms with Gasteiger partial charge in [-0.3, -0.25) is 9.48 Å². The van der Waals surface area contributed by atoms with Gasteiger partial charge in [-0.1, -0.05) is 0 Å². The van der Waals surface area contributed by atoms with Crippen molar-refractivity contribution < 1.29 is 0 Å². The average Bonchev–Trinajstić information content (AvgIpc) is 2.67. The second-order valence-electron chi connectivity index (χ2n) is 4.44. The number of nitrogen functional groups attached to an aromatic ring is 1. The molecule has 0 bridgehead atoms. The number of hydrogen-bond acceptors (Lipinski definition) is 4. The van der Waals surface area contributed by atoms with E-state index in [1.54, 1.807) is 28.6 Å². The summed E-state index contributed by atoms with van der Waals surface area (Å²) >= 11 is 1.75. The molecule has 2 rings (SSSR count). The van der Waals surface area contributed by atoms with Gasteiger partial charge < -0.3 is 10.3 Å². The third kappa shape index (κ3) is 3.64. The number of rotatable bonds is 5. The van der Waals surface area contributed by atoms with Crippen LogP contribution in [0.15, 0.2) is 34.2 Å². The minimum atomic E-state index is -0.00409. The number of anilines is 1. The first-order valence-corrected chi connectivity index (χ1v) is 7.14. The van der Waals surface area contributed by atoms with Gasteiger partial charge in [-0.05, 0) is 25.5 Å². The third-order valence-electron chi connectivity index (χ3n) is 2.76. The van der Waals surface area contributed by atoms with E-state index in [9.17, 15) is 4.79 Å². The molecule has 0 saturated carbocycles. The van der Waals surface area contributed by atoms with Crippen LogP contribution in [0, 0.1) is 6.92 Å². The first-order valence-electron chi connectivity index (χ1n) is 6.15. The highest BCUT2D eigenvalue weighted by atomic mass is 32.2. The van der Waals surface area contributed by atoms with E-state index in [0.29, 0.717) is 12.2 Å². The molecule has 0 saturated heterocycles. The zero-order chi connectivity index (χ0) is 13.8. The number of nitrogens with two attached hydrogens (primary N) is 1. The summed E-state index contributed by atoms with van der Waals surface area (Å²) in [4.78, 5) is 11.6. The highest BCUT2D eigenvalue weighted by Crippen LogP contribution is 2.19. The topological polar surface area (TPSA) is 65.8 Å². The molecule has 0 aliphatic carbocycles. The van der Waals surface area contributed by atoms with E-state index in [1.165, 1.54) is 6.07 Å². The quantitative estimate of drug-likeness (QED) is 0.667. The Labute approximate surface area is 116 Å². The lowest BCUT2D eigenvalue weighted by Gasteiger charge is -2.06.